The summed E-state index contributed by atoms with van der Waals surface area (Å²) >= 11 is 0. The lowest BCUT2D eigenvalue weighted by Gasteiger charge is -2.31. The van der Waals surface area contributed by atoms with Crippen LogP contribution in [0.1, 0.15) is 80.1 Å². The second kappa shape index (κ2) is 15.9. The number of rotatable bonds is 7. The smallest absolute Gasteiger partial charge is 0.416 e. The Kier molecular flexibility index (Phi) is 12.2. The highest BCUT2D eigenvalue weighted by atomic mass is 19.4. The predicted molar refractivity (Wildman–Crippen MR) is 160 cm³/mol. The molecule has 244 valence electrons. The number of aromatic nitrogens is 2. The molecule has 3 aliphatic rings. The van der Waals surface area contributed by atoms with Crippen LogP contribution in [-0.2, 0) is 20.4 Å². The normalized spacial score (nSPS) is 24.7. The first-order valence-electron chi connectivity index (χ1n) is 15.5. The topological polar surface area (TPSA) is 95.0 Å². The van der Waals surface area contributed by atoms with Crippen molar-refractivity contribution in [2.45, 2.75) is 76.9 Å². The Balaban J connectivity index is 0.000000421. The Morgan fingerprint density at radius 2 is 1.77 bits per heavy atom. The first kappa shape index (κ1) is 33.9. The molecule has 2 aromatic rings. The third-order valence-corrected chi connectivity index (χ3v) is 8.67. The number of alkyl halides is 3. The molecule has 12 heteroatoms. The van der Waals surface area contributed by atoms with Gasteiger partial charge < -0.3 is 29.2 Å². The number of carbonyl (C=O) groups is 1. The number of nitrogens with zero attached hydrogens (tertiary/aromatic N) is 3. The van der Waals surface area contributed by atoms with Crippen LogP contribution < -0.4 is 10.1 Å². The van der Waals surface area contributed by atoms with E-state index in [0.717, 1.165) is 69.4 Å². The summed E-state index contributed by atoms with van der Waals surface area (Å²) in [4.78, 5) is 23.3. The first-order chi connectivity index (χ1) is 21.1. The minimum absolute atomic E-state index is 0.168. The molecule has 0 unspecified atom stereocenters. The highest BCUT2D eigenvalue weighted by molar-refractivity contribution is 5.96. The van der Waals surface area contributed by atoms with Crippen LogP contribution in [0.4, 0.5) is 19.0 Å². The van der Waals surface area contributed by atoms with Gasteiger partial charge >= 0.3 is 6.18 Å². The number of likely N-dealkylation sites (tertiary alicyclic amines) is 1. The largest absolute Gasteiger partial charge is 0.491 e. The SMILES string of the molecule is CO[C@@H]1COCC[C@@H]1C.COc1c(NC[C@H]2CCC[C@@H](c3ccc(C(F)(F)F)cc3)O2)ncnc1C(=O)N1CCC(C)CC1. The summed E-state index contributed by atoms with van der Waals surface area (Å²) in [6, 6.07) is 5.15. The summed E-state index contributed by atoms with van der Waals surface area (Å²) in [6.45, 7) is 7.87. The Hall–Kier alpha value is -2.96. The van der Waals surface area contributed by atoms with Gasteiger partial charge in [0.25, 0.3) is 5.91 Å². The minimum Gasteiger partial charge on any atom is -0.491 e. The van der Waals surface area contributed by atoms with E-state index in [4.69, 9.17) is 18.9 Å². The molecule has 44 heavy (non-hydrogen) atoms. The summed E-state index contributed by atoms with van der Waals surface area (Å²) < 4.78 is 60.7. The zero-order chi connectivity index (χ0) is 31.7. The van der Waals surface area contributed by atoms with Gasteiger partial charge in [0.15, 0.2) is 17.3 Å². The van der Waals surface area contributed by atoms with E-state index >= 15 is 0 Å². The summed E-state index contributed by atoms with van der Waals surface area (Å²) in [5.41, 5.74) is 0.286. The third kappa shape index (κ3) is 9.04. The van der Waals surface area contributed by atoms with E-state index in [2.05, 4.69) is 29.1 Å². The van der Waals surface area contributed by atoms with Crippen molar-refractivity contribution in [3.63, 3.8) is 0 Å². The lowest BCUT2D eigenvalue weighted by atomic mass is 9.97. The maximum atomic E-state index is 13.1. The zero-order valence-corrected chi connectivity index (χ0v) is 26.1. The van der Waals surface area contributed by atoms with Gasteiger partial charge in [-0.05, 0) is 68.1 Å². The van der Waals surface area contributed by atoms with Crippen molar-refractivity contribution in [2.75, 3.05) is 52.4 Å². The molecule has 0 saturated carbocycles. The van der Waals surface area contributed by atoms with Crippen molar-refractivity contribution in [2.24, 2.45) is 11.8 Å². The van der Waals surface area contributed by atoms with E-state index in [1.807, 2.05) is 0 Å². The van der Waals surface area contributed by atoms with Gasteiger partial charge in [0.2, 0.25) is 0 Å². The number of hydrogen-bond acceptors (Lipinski definition) is 8. The van der Waals surface area contributed by atoms with E-state index in [9.17, 15) is 18.0 Å². The number of anilines is 1. The number of amides is 1. The van der Waals surface area contributed by atoms with Crippen molar-refractivity contribution < 1.29 is 36.9 Å². The molecule has 1 aromatic carbocycles. The van der Waals surface area contributed by atoms with Gasteiger partial charge in [-0.15, -0.1) is 0 Å². The molecule has 1 aromatic heterocycles. The van der Waals surface area contributed by atoms with Crippen molar-refractivity contribution in [3.05, 3.63) is 47.4 Å². The molecule has 3 aliphatic heterocycles. The van der Waals surface area contributed by atoms with Gasteiger partial charge in [0, 0.05) is 33.4 Å². The van der Waals surface area contributed by atoms with Crippen molar-refractivity contribution >= 4 is 11.7 Å². The molecule has 4 heterocycles. The second-order valence-electron chi connectivity index (χ2n) is 11.9. The van der Waals surface area contributed by atoms with Crippen LogP contribution in [0.15, 0.2) is 30.6 Å². The zero-order valence-electron chi connectivity index (χ0n) is 26.1. The predicted octanol–water partition coefficient (Wildman–Crippen LogP) is 6.16. The molecule has 0 bridgehead atoms. The van der Waals surface area contributed by atoms with Gasteiger partial charge in [0.1, 0.15) is 6.33 Å². The first-order valence-corrected chi connectivity index (χ1v) is 15.5. The summed E-state index contributed by atoms with van der Waals surface area (Å²) in [7, 11) is 3.23. The minimum atomic E-state index is -4.36. The van der Waals surface area contributed by atoms with Crippen molar-refractivity contribution in [1.82, 2.24) is 14.9 Å². The summed E-state index contributed by atoms with van der Waals surface area (Å²) in [6.07, 6.45) is 2.36. The number of carbonyl (C=O) groups excluding carboxylic acids is 1. The molecule has 1 N–H and O–H groups in total. The average molecular weight is 623 g/mol. The van der Waals surface area contributed by atoms with Gasteiger partial charge in [0.05, 0.1) is 37.6 Å². The maximum absolute atomic E-state index is 13.1. The van der Waals surface area contributed by atoms with E-state index in [-0.39, 0.29) is 23.8 Å². The van der Waals surface area contributed by atoms with Crippen molar-refractivity contribution in [3.8, 4) is 5.75 Å². The number of hydrogen-bond donors (Lipinski definition) is 1. The fourth-order valence-electron chi connectivity index (χ4n) is 5.72. The van der Waals surface area contributed by atoms with Crippen LogP contribution in [0.2, 0.25) is 0 Å². The molecular formula is C32H45F3N4O5. The fraction of sp³-hybridized carbons (Fsp3) is 0.656. The number of methoxy groups -OCH3 is 2. The van der Waals surface area contributed by atoms with E-state index in [0.29, 0.717) is 49.1 Å². The van der Waals surface area contributed by atoms with E-state index < -0.39 is 11.7 Å². The number of halogens is 3. The van der Waals surface area contributed by atoms with Gasteiger partial charge in [-0.1, -0.05) is 26.0 Å². The van der Waals surface area contributed by atoms with Crippen LogP contribution in [0.5, 0.6) is 5.75 Å². The van der Waals surface area contributed by atoms with Crippen LogP contribution in [-0.4, -0.2) is 80.1 Å². The molecule has 5 rings (SSSR count). The van der Waals surface area contributed by atoms with Crippen LogP contribution >= 0.6 is 0 Å². The lowest BCUT2D eigenvalue weighted by molar-refractivity contribution is -0.137. The fourth-order valence-corrected chi connectivity index (χ4v) is 5.72. The van der Waals surface area contributed by atoms with Gasteiger partial charge in [-0.25, -0.2) is 9.97 Å². The summed E-state index contributed by atoms with van der Waals surface area (Å²) in [5.74, 6) is 1.81. The second-order valence-corrected chi connectivity index (χ2v) is 11.9. The Morgan fingerprint density at radius 1 is 1.05 bits per heavy atom. The van der Waals surface area contributed by atoms with Gasteiger partial charge in [-0.2, -0.15) is 13.2 Å². The average Bonchev–Trinajstić information content (AvgIpc) is 3.04. The maximum Gasteiger partial charge on any atom is 0.416 e. The van der Waals surface area contributed by atoms with Crippen LogP contribution in [0, 0.1) is 11.8 Å². The highest BCUT2D eigenvalue weighted by Crippen LogP contribution is 2.35. The quantitative estimate of drug-likeness (QED) is 0.393. The number of benzene rings is 1. The molecule has 1 amide bonds. The van der Waals surface area contributed by atoms with Gasteiger partial charge in [-0.3, -0.25) is 4.79 Å². The Labute approximate surface area is 257 Å². The number of piperidine rings is 1. The molecule has 0 radical (unpaired) electrons. The van der Waals surface area contributed by atoms with Crippen LogP contribution in [0.3, 0.4) is 0 Å². The molecule has 3 saturated heterocycles. The molecule has 0 aliphatic carbocycles. The number of ether oxygens (including phenoxy) is 4. The molecule has 3 fully saturated rings. The van der Waals surface area contributed by atoms with Crippen molar-refractivity contribution in [1.29, 1.82) is 0 Å². The Bertz CT molecular complexity index is 1190. The standard InChI is InChI=1S/C25H31F3N4O3.C7H14O2/c1-16-10-12-32(13-11-16)24(33)21-22(34-2)23(31-15-30-21)29-14-19-4-3-5-20(35-19)17-6-8-18(9-7-17)25(26,27)28;1-6-3-4-9-5-7(6)8-2/h6-9,15-16,19-20H,3-5,10-14H2,1-2H3,(H,29,30,31);6-7H,3-5H2,1-2H3/t19-,20+;6-,7+/m10/s1. The monoisotopic (exact) mass is 622 g/mol. The van der Waals surface area contributed by atoms with E-state index in [1.165, 1.54) is 25.6 Å². The molecule has 4 atom stereocenters. The van der Waals surface area contributed by atoms with E-state index in [1.54, 1.807) is 12.0 Å². The summed E-state index contributed by atoms with van der Waals surface area (Å²) in [5, 5.41) is 3.22. The molecular weight excluding hydrogens is 577 g/mol. The third-order valence-electron chi connectivity index (χ3n) is 8.67. The lowest BCUT2D eigenvalue weighted by Crippen LogP contribution is -2.38. The molecule has 0 spiro atoms. The molecule has 9 nitrogen and oxygen atoms in total. The van der Waals surface area contributed by atoms with Crippen LogP contribution in [0.25, 0.3) is 0 Å². The highest BCUT2D eigenvalue weighted by Gasteiger charge is 2.31. The number of nitrogens with one attached hydrogen (secondary N) is 1. The Morgan fingerprint density at radius 3 is 2.39 bits per heavy atom.